The Bertz CT molecular complexity index is 578. The van der Waals surface area contributed by atoms with Crippen LogP contribution >= 0.6 is 0 Å². The summed E-state index contributed by atoms with van der Waals surface area (Å²) in [7, 11) is 1.65. The Morgan fingerprint density at radius 2 is 1.95 bits per heavy atom. The van der Waals surface area contributed by atoms with Crippen LogP contribution in [0.15, 0.2) is 24.4 Å². The summed E-state index contributed by atoms with van der Waals surface area (Å²) >= 11 is 0. The number of nitrogens with zero attached hydrogens (tertiary/aromatic N) is 2. The van der Waals surface area contributed by atoms with Gasteiger partial charge in [-0.1, -0.05) is 0 Å². The van der Waals surface area contributed by atoms with Crippen molar-refractivity contribution in [3.8, 4) is 0 Å². The molecule has 114 valence electrons. The molecule has 1 heterocycles. The Morgan fingerprint density at radius 3 is 2.62 bits per heavy atom. The molecule has 0 atom stereocenters. The standard InChI is InChI=1S/C15H19F2N3O/c1-11-10-20(5-6-21-2)15(19-11)18-4-3-12-7-13(16)9-14(17)8-12/h7-10H,3-6H2,1-2H3,(H,18,19). The molecule has 0 saturated carbocycles. The predicted octanol–water partition coefficient (Wildman–Crippen LogP) is 2.77. The van der Waals surface area contributed by atoms with Crippen molar-refractivity contribution in [2.45, 2.75) is 19.9 Å². The second kappa shape index (κ2) is 7.17. The Labute approximate surface area is 122 Å². The van der Waals surface area contributed by atoms with Gasteiger partial charge >= 0.3 is 0 Å². The van der Waals surface area contributed by atoms with Crippen LogP contribution in [0.3, 0.4) is 0 Å². The third kappa shape index (κ3) is 4.53. The zero-order valence-electron chi connectivity index (χ0n) is 12.2. The van der Waals surface area contributed by atoms with Crippen LogP contribution in [-0.2, 0) is 17.7 Å². The Balaban J connectivity index is 1.93. The lowest BCUT2D eigenvalue weighted by atomic mass is 10.1. The molecular weight excluding hydrogens is 276 g/mol. The first-order valence-electron chi connectivity index (χ1n) is 6.80. The summed E-state index contributed by atoms with van der Waals surface area (Å²) in [5, 5.41) is 3.18. The van der Waals surface area contributed by atoms with Crippen molar-refractivity contribution in [2.24, 2.45) is 0 Å². The number of ether oxygens (including phenoxy) is 1. The Kier molecular flexibility index (Phi) is 5.27. The van der Waals surface area contributed by atoms with Crippen LogP contribution in [0.5, 0.6) is 0 Å². The number of nitrogens with one attached hydrogen (secondary N) is 1. The van der Waals surface area contributed by atoms with Gasteiger partial charge in [-0.2, -0.15) is 0 Å². The number of benzene rings is 1. The highest BCUT2D eigenvalue weighted by Gasteiger charge is 2.05. The van der Waals surface area contributed by atoms with Crippen LogP contribution < -0.4 is 5.32 Å². The molecule has 1 aromatic heterocycles. The first-order chi connectivity index (χ1) is 10.1. The quantitative estimate of drug-likeness (QED) is 0.853. The first-order valence-corrected chi connectivity index (χ1v) is 6.80. The van der Waals surface area contributed by atoms with Crippen molar-refractivity contribution in [1.29, 1.82) is 0 Å². The topological polar surface area (TPSA) is 39.1 Å². The molecule has 6 heteroatoms. The van der Waals surface area contributed by atoms with Gasteiger partial charge in [0, 0.05) is 32.5 Å². The number of hydrogen-bond acceptors (Lipinski definition) is 3. The summed E-state index contributed by atoms with van der Waals surface area (Å²) in [5.74, 6) is -0.369. The SMILES string of the molecule is COCCn1cc(C)nc1NCCc1cc(F)cc(F)c1. The number of rotatable bonds is 7. The van der Waals surface area contributed by atoms with Crippen molar-refractivity contribution in [2.75, 3.05) is 25.6 Å². The number of hydrogen-bond donors (Lipinski definition) is 1. The van der Waals surface area contributed by atoms with Crippen LogP contribution in [0.4, 0.5) is 14.7 Å². The number of anilines is 1. The highest BCUT2D eigenvalue weighted by Crippen LogP contribution is 2.11. The summed E-state index contributed by atoms with van der Waals surface area (Å²) in [6.45, 7) is 3.76. The van der Waals surface area contributed by atoms with E-state index in [0.717, 1.165) is 17.7 Å². The van der Waals surface area contributed by atoms with Crippen molar-refractivity contribution < 1.29 is 13.5 Å². The lowest BCUT2D eigenvalue weighted by Crippen LogP contribution is -2.12. The summed E-state index contributed by atoms with van der Waals surface area (Å²) in [5.41, 5.74) is 1.53. The molecule has 0 radical (unpaired) electrons. The van der Waals surface area contributed by atoms with Gasteiger partial charge in [0.15, 0.2) is 0 Å². The third-order valence-corrected chi connectivity index (χ3v) is 3.05. The minimum absolute atomic E-state index is 0.519. The molecule has 0 bridgehead atoms. The largest absolute Gasteiger partial charge is 0.383 e. The zero-order chi connectivity index (χ0) is 15.2. The van der Waals surface area contributed by atoms with E-state index in [9.17, 15) is 8.78 Å². The van der Waals surface area contributed by atoms with Gasteiger partial charge in [0.1, 0.15) is 11.6 Å². The number of methoxy groups -OCH3 is 1. The second-order valence-electron chi connectivity index (χ2n) is 4.85. The van der Waals surface area contributed by atoms with Gasteiger partial charge in [-0.15, -0.1) is 0 Å². The molecule has 0 amide bonds. The molecule has 0 aliphatic carbocycles. The van der Waals surface area contributed by atoms with Crippen LogP contribution in [0.2, 0.25) is 0 Å². The van der Waals surface area contributed by atoms with Crippen LogP contribution in [0, 0.1) is 18.6 Å². The average Bonchev–Trinajstić information content (AvgIpc) is 2.75. The number of aromatic nitrogens is 2. The maximum Gasteiger partial charge on any atom is 0.203 e. The van der Waals surface area contributed by atoms with Crippen LogP contribution in [0.1, 0.15) is 11.3 Å². The zero-order valence-corrected chi connectivity index (χ0v) is 12.2. The van der Waals surface area contributed by atoms with Crippen molar-refractivity contribution >= 4 is 5.95 Å². The fourth-order valence-corrected chi connectivity index (χ4v) is 2.12. The van der Waals surface area contributed by atoms with E-state index < -0.39 is 11.6 Å². The molecule has 0 saturated heterocycles. The Hall–Kier alpha value is -1.95. The van der Waals surface area contributed by atoms with Gasteiger partial charge in [0.2, 0.25) is 5.95 Å². The monoisotopic (exact) mass is 295 g/mol. The highest BCUT2D eigenvalue weighted by molar-refractivity contribution is 5.29. The maximum atomic E-state index is 13.1. The average molecular weight is 295 g/mol. The molecule has 0 unspecified atom stereocenters. The molecule has 2 aromatic rings. The van der Waals surface area contributed by atoms with E-state index in [-0.39, 0.29) is 0 Å². The molecule has 0 fully saturated rings. The van der Waals surface area contributed by atoms with Gasteiger partial charge < -0.3 is 14.6 Å². The highest BCUT2D eigenvalue weighted by atomic mass is 19.1. The maximum absolute atomic E-state index is 13.1. The van der Waals surface area contributed by atoms with Crippen LogP contribution in [-0.4, -0.2) is 29.8 Å². The van der Waals surface area contributed by atoms with E-state index in [1.165, 1.54) is 12.1 Å². The third-order valence-electron chi connectivity index (χ3n) is 3.05. The predicted molar refractivity (Wildman–Crippen MR) is 77.4 cm³/mol. The number of aryl methyl sites for hydroxylation is 1. The van der Waals surface area contributed by atoms with E-state index in [1.54, 1.807) is 7.11 Å². The lowest BCUT2D eigenvalue weighted by Gasteiger charge is -2.09. The minimum atomic E-state index is -0.553. The summed E-state index contributed by atoms with van der Waals surface area (Å²) in [6, 6.07) is 3.55. The molecule has 0 spiro atoms. The molecule has 4 nitrogen and oxygen atoms in total. The van der Waals surface area contributed by atoms with Gasteiger partial charge in [-0.05, 0) is 31.0 Å². The molecule has 1 N–H and O–H groups in total. The lowest BCUT2D eigenvalue weighted by molar-refractivity contribution is 0.187. The number of halogens is 2. The summed E-state index contributed by atoms with van der Waals surface area (Å²) in [4.78, 5) is 4.38. The summed E-state index contributed by atoms with van der Waals surface area (Å²) < 4.78 is 33.2. The molecule has 0 aliphatic heterocycles. The van der Waals surface area contributed by atoms with E-state index in [0.29, 0.717) is 31.7 Å². The Morgan fingerprint density at radius 1 is 1.24 bits per heavy atom. The fourth-order valence-electron chi connectivity index (χ4n) is 2.12. The van der Waals surface area contributed by atoms with Gasteiger partial charge in [-0.25, -0.2) is 13.8 Å². The van der Waals surface area contributed by atoms with E-state index in [2.05, 4.69) is 10.3 Å². The van der Waals surface area contributed by atoms with Gasteiger partial charge in [0.05, 0.1) is 12.3 Å². The molecule has 2 rings (SSSR count). The van der Waals surface area contributed by atoms with Crippen molar-refractivity contribution in [1.82, 2.24) is 9.55 Å². The second-order valence-corrected chi connectivity index (χ2v) is 4.85. The van der Waals surface area contributed by atoms with Gasteiger partial charge in [0.25, 0.3) is 0 Å². The van der Waals surface area contributed by atoms with Crippen molar-refractivity contribution in [3.05, 3.63) is 47.3 Å². The van der Waals surface area contributed by atoms with E-state index in [1.807, 2.05) is 17.7 Å². The molecule has 21 heavy (non-hydrogen) atoms. The van der Waals surface area contributed by atoms with Gasteiger partial charge in [-0.3, -0.25) is 0 Å². The first kappa shape index (κ1) is 15.4. The number of imidazole rings is 1. The molecular formula is C15H19F2N3O. The smallest absolute Gasteiger partial charge is 0.203 e. The van der Waals surface area contributed by atoms with Crippen LogP contribution in [0.25, 0.3) is 0 Å². The van der Waals surface area contributed by atoms with E-state index in [4.69, 9.17) is 4.74 Å². The molecule has 1 aromatic carbocycles. The fraction of sp³-hybridized carbons (Fsp3) is 0.400. The molecule has 0 aliphatic rings. The van der Waals surface area contributed by atoms with E-state index >= 15 is 0 Å². The minimum Gasteiger partial charge on any atom is -0.383 e. The summed E-state index contributed by atoms with van der Waals surface area (Å²) in [6.07, 6.45) is 2.45. The van der Waals surface area contributed by atoms with Crippen molar-refractivity contribution in [3.63, 3.8) is 0 Å². The normalized spacial score (nSPS) is 10.9.